The van der Waals surface area contributed by atoms with E-state index in [4.69, 9.17) is 14.2 Å². The minimum atomic E-state index is -4.69. The maximum atomic E-state index is 13.9. The minimum Gasteiger partial charge on any atom is -0.493 e. The largest absolute Gasteiger partial charge is 0.573 e. The van der Waals surface area contributed by atoms with E-state index >= 15 is 0 Å². The number of benzene rings is 3. The van der Waals surface area contributed by atoms with Crippen molar-refractivity contribution < 1.29 is 46.0 Å². The first-order chi connectivity index (χ1) is 19.1. The molecule has 8 nitrogen and oxygen atoms in total. The third-order valence-electron chi connectivity index (χ3n) is 4.94. The highest BCUT2D eigenvalue weighted by molar-refractivity contribution is 5.88. The molecule has 0 radical (unpaired) electrons. The van der Waals surface area contributed by atoms with E-state index in [1.165, 1.54) is 31.4 Å². The molecule has 0 saturated carbocycles. The number of para-hydroxylation sites is 2. The van der Waals surface area contributed by atoms with Crippen LogP contribution in [0.3, 0.4) is 0 Å². The van der Waals surface area contributed by atoms with Gasteiger partial charge in [0, 0.05) is 45.0 Å². The highest BCUT2D eigenvalue weighted by Crippen LogP contribution is 2.37. The summed E-state index contributed by atoms with van der Waals surface area (Å²) in [7, 11) is 9.32. The molecule has 0 aliphatic rings. The molecule has 0 bridgehead atoms. The van der Waals surface area contributed by atoms with E-state index in [0.29, 0.717) is 34.2 Å². The van der Waals surface area contributed by atoms with E-state index in [9.17, 15) is 17.6 Å². The Kier molecular flexibility index (Phi) is 12.1. The van der Waals surface area contributed by atoms with Crippen molar-refractivity contribution in [1.29, 1.82) is 0 Å². The maximum absolute atomic E-state index is 13.9. The van der Waals surface area contributed by atoms with E-state index in [0.717, 1.165) is 5.39 Å². The van der Waals surface area contributed by atoms with Crippen LogP contribution in [0.1, 0.15) is 0 Å². The first-order valence-corrected chi connectivity index (χ1v) is 11.5. The molecule has 0 aliphatic heterocycles. The number of rotatable bonds is 7. The van der Waals surface area contributed by atoms with Crippen LogP contribution in [0.15, 0.2) is 66.9 Å². The van der Waals surface area contributed by atoms with Gasteiger partial charge >= 0.3 is 6.36 Å². The highest BCUT2D eigenvalue weighted by Gasteiger charge is 2.32. The minimum absolute atomic E-state index is 0.0554. The third-order valence-corrected chi connectivity index (χ3v) is 4.94. The third kappa shape index (κ3) is 9.09. The molecule has 4 rings (SSSR count). The Morgan fingerprint density at radius 2 is 1.32 bits per heavy atom. The normalized spacial score (nSPS) is 10.3. The van der Waals surface area contributed by atoms with Crippen LogP contribution in [-0.2, 0) is 4.74 Å². The van der Waals surface area contributed by atoms with Crippen molar-refractivity contribution in [3.63, 3.8) is 0 Å². The molecule has 1 N–H and O–H groups in total. The Hall–Kier alpha value is -4.45. The van der Waals surface area contributed by atoms with E-state index in [1.807, 2.05) is 0 Å². The molecule has 12 heteroatoms. The predicted molar refractivity (Wildman–Crippen MR) is 143 cm³/mol. The summed E-state index contributed by atoms with van der Waals surface area (Å²) >= 11 is 0. The van der Waals surface area contributed by atoms with Crippen LogP contribution < -0.4 is 29.0 Å². The molecule has 0 unspecified atom stereocenters. The van der Waals surface area contributed by atoms with Gasteiger partial charge in [-0.15, -0.1) is 13.2 Å². The fourth-order valence-electron chi connectivity index (χ4n) is 3.25. The standard InChI is InChI=1S/C18H17FN2O3.C8H7F3O2.C2H6O/c1-20-14-5-4-11(8-13(14)19)24-16-6-7-21-15-10-18(23-3)17(22-2)9-12(15)16;1-12-6-4-2-3-5-7(6)13-8(9,10)11;1-3-2/h4-10,20H,1-3H3;2-5H,1H3;1-2H3. The van der Waals surface area contributed by atoms with Gasteiger partial charge in [0.1, 0.15) is 17.3 Å². The van der Waals surface area contributed by atoms with E-state index in [2.05, 4.69) is 24.5 Å². The average Bonchev–Trinajstić information content (AvgIpc) is 2.93. The van der Waals surface area contributed by atoms with Gasteiger partial charge in [0.2, 0.25) is 0 Å². The van der Waals surface area contributed by atoms with Crippen molar-refractivity contribution in [2.45, 2.75) is 6.36 Å². The number of fused-ring (bicyclic) bond motifs is 1. The summed E-state index contributed by atoms with van der Waals surface area (Å²) in [6, 6.07) is 15.5. The van der Waals surface area contributed by atoms with Gasteiger partial charge in [0.15, 0.2) is 23.0 Å². The molecule has 1 aromatic heterocycles. The van der Waals surface area contributed by atoms with Gasteiger partial charge in [-0.25, -0.2) is 4.39 Å². The lowest BCUT2D eigenvalue weighted by Crippen LogP contribution is -2.17. The van der Waals surface area contributed by atoms with Crippen molar-refractivity contribution >= 4 is 16.6 Å². The van der Waals surface area contributed by atoms with Crippen molar-refractivity contribution in [3.05, 3.63) is 72.7 Å². The number of pyridine rings is 1. The topological polar surface area (TPSA) is 80.3 Å². The Morgan fingerprint density at radius 3 is 1.88 bits per heavy atom. The molecule has 0 amide bonds. The summed E-state index contributed by atoms with van der Waals surface area (Å²) in [5.74, 6) is 1.44. The maximum Gasteiger partial charge on any atom is 0.573 e. The lowest BCUT2D eigenvalue weighted by atomic mass is 10.2. The first-order valence-electron chi connectivity index (χ1n) is 11.5. The zero-order valence-electron chi connectivity index (χ0n) is 22.8. The molecule has 216 valence electrons. The Labute approximate surface area is 229 Å². The Bertz CT molecular complexity index is 1370. The summed E-state index contributed by atoms with van der Waals surface area (Å²) in [4.78, 5) is 4.31. The Morgan fingerprint density at radius 1 is 0.725 bits per heavy atom. The Balaban J connectivity index is 0.000000295. The van der Waals surface area contributed by atoms with Gasteiger partial charge in [0.25, 0.3) is 0 Å². The van der Waals surface area contributed by atoms with E-state index in [-0.39, 0.29) is 17.3 Å². The van der Waals surface area contributed by atoms with Crippen molar-refractivity contribution in [2.75, 3.05) is 47.9 Å². The predicted octanol–water partition coefficient (Wildman–Crippen LogP) is 7.08. The lowest BCUT2D eigenvalue weighted by Gasteiger charge is -2.12. The lowest BCUT2D eigenvalue weighted by molar-refractivity contribution is -0.275. The molecule has 0 saturated heterocycles. The van der Waals surface area contributed by atoms with Gasteiger partial charge < -0.3 is 33.7 Å². The van der Waals surface area contributed by atoms with Gasteiger partial charge in [0.05, 0.1) is 32.5 Å². The fourth-order valence-corrected chi connectivity index (χ4v) is 3.25. The fraction of sp³-hybridized carbons (Fsp3) is 0.250. The van der Waals surface area contributed by atoms with E-state index < -0.39 is 6.36 Å². The molecule has 4 aromatic rings. The summed E-state index contributed by atoms with van der Waals surface area (Å²) in [6.45, 7) is 0. The highest BCUT2D eigenvalue weighted by atomic mass is 19.4. The summed E-state index contributed by atoms with van der Waals surface area (Å²) in [6.07, 6.45) is -3.06. The van der Waals surface area contributed by atoms with Crippen LogP contribution in [0.4, 0.5) is 23.2 Å². The van der Waals surface area contributed by atoms with Crippen LogP contribution in [0.5, 0.6) is 34.5 Å². The number of nitrogens with zero attached hydrogens (tertiary/aromatic N) is 1. The molecule has 3 aromatic carbocycles. The number of methoxy groups -OCH3 is 4. The average molecular weight is 567 g/mol. The number of halogens is 4. The first kappa shape index (κ1) is 31.8. The molecule has 40 heavy (non-hydrogen) atoms. The van der Waals surface area contributed by atoms with Crippen molar-refractivity contribution in [2.24, 2.45) is 0 Å². The van der Waals surface area contributed by atoms with Crippen LogP contribution >= 0.6 is 0 Å². The van der Waals surface area contributed by atoms with Gasteiger partial charge in [-0.05, 0) is 36.4 Å². The van der Waals surface area contributed by atoms with Crippen LogP contribution in [0.2, 0.25) is 0 Å². The van der Waals surface area contributed by atoms with Crippen LogP contribution in [0, 0.1) is 5.82 Å². The number of anilines is 1. The van der Waals surface area contributed by atoms with Crippen molar-refractivity contribution in [1.82, 2.24) is 4.98 Å². The van der Waals surface area contributed by atoms with Crippen LogP contribution in [0.25, 0.3) is 10.9 Å². The SMILES string of the molecule is CNc1ccc(Oc2ccnc3cc(OC)c(OC)cc23)cc1F.COC.COc1ccccc1OC(F)(F)F. The second-order valence-electron chi connectivity index (χ2n) is 7.63. The summed E-state index contributed by atoms with van der Waals surface area (Å²) in [5.41, 5.74) is 1.10. The second kappa shape index (κ2) is 15.2. The number of aromatic nitrogens is 1. The number of hydrogen-bond acceptors (Lipinski definition) is 8. The van der Waals surface area contributed by atoms with E-state index in [1.54, 1.807) is 78.1 Å². The molecule has 0 fully saturated rings. The van der Waals surface area contributed by atoms with Crippen LogP contribution in [-0.4, -0.2) is 53.9 Å². The number of ether oxygens (including phenoxy) is 6. The zero-order valence-corrected chi connectivity index (χ0v) is 22.8. The quantitative estimate of drug-likeness (QED) is 0.238. The number of hydrogen-bond donors (Lipinski definition) is 1. The zero-order chi connectivity index (χ0) is 29.7. The summed E-state index contributed by atoms with van der Waals surface area (Å²) in [5, 5.41) is 3.52. The van der Waals surface area contributed by atoms with Gasteiger partial charge in [-0.3, -0.25) is 4.98 Å². The molecule has 1 heterocycles. The monoisotopic (exact) mass is 566 g/mol. The molecular weight excluding hydrogens is 536 g/mol. The second-order valence-corrected chi connectivity index (χ2v) is 7.63. The van der Waals surface area contributed by atoms with Gasteiger partial charge in [-0.1, -0.05) is 12.1 Å². The summed E-state index contributed by atoms with van der Waals surface area (Å²) < 4.78 is 78.3. The van der Waals surface area contributed by atoms with Crippen molar-refractivity contribution in [3.8, 4) is 34.5 Å². The van der Waals surface area contributed by atoms with Gasteiger partial charge in [-0.2, -0.15) is 0 Å². The molecule has 0 aliphatic carbocycles. The molecule has 0 atom stereocenters. The smallest absolute Gasteiger partial charge is 0.493 e. The molecular formula is C28H30F4N2O6. The number of nitrogens with one attached hydrogen (secondary N) is 1. The number of alkyl halides is 3. The molecule has 0 spiro atoms.